The fourth-order valence-electron chi connectivity index (χ4n) is 2.39. The first-order chi connectivity index (χ1) is 11.0. The zero-order valence-corrected chi connectivity index (χ0v) is 14.9. The second kappa shape index (κ2) is 8.18. The highest BCUT2D eigenvalue weighted by Gasteiger charge is 2.37. The van der Waals surface area contributed by atoms with Crippen molar-refractivity contribution in [3.8, 4) is 5.75 Å². The molecule has 1 aromatic rings. The lowest BCUT2D eigenvalue weighted by Crippen LogP contribution is -2.35. The molecule has 2 rings (SSSR count). The summed E-state index contributed by atoms with van der Waals surface area (Å²) in [7, 11) is 0. The Morgan fingerprint density at radius 2 is 1.91 bits per heavy atom. The van der Waals surface area contributed by atoms with Crippen LogP contribution in [0.3, 0.4) is 0 Å². The first kappa shape index (κ1) is 18.3. The summed E-state index contributed by atoms with van der Waals surface area (Å²) in [6, 6.07) is 2.92. The fraction of sp³-hybridized carbons (Fsp3) is 0.438. The number of rotatable bonds is 6. The summed E-state index contributed by atoms with van der Waals surface area (Å²) in [6.45, 7) is 1.98. The maximum atomic E-state index is 12.6. The molecule has 0 heterocycles. The third-order valence-corrected chi connectivity index (χ3v) is 4.92. The predicted octanol–water partition coefficient (Wildman–Crippen LogP) is 4.20. The van der Waals surface area contributed by atoms with Gasteiger partial charge in [-0.3, -0.25) is 14.4 Å². The van der Waals surface area contributed by atoms with E-state index in [-0.39, 0.29) is 45.8 Å². The van der Waals surface area contributed by atoms with E-state index in [1.165, 1.54) is 23.9 Å². The van der Waals surface area contributed by atoms with Gasteiger partial charge in [-0.25, -0.2) is 0 Å². The zero-order chi connectivity index (χ0) is 17.0. The average molecular weight is 375 g/mol. The molecular formula is C16H16Cl2O4S. The third kappa shape index (κ3) is 4.08. The number of benzene rings is 1. The summed E-state index contributed by atoms with van der Waals surface area (Å²) in [5, 5.41) is 0.329. The van der Waals surface area contributed by atoms with Gasteiger partial charge in [-0.2, -0.15) is 0 Å². The molecule has 0 radical (unpaired) electrons. The van der Waals surface area contributed by atoms with E-state index in [4.69, 9.17) is 27.9 Å². The van der Waals surface area contributed by atoms with E-state index < -0.39 is 11.7 Å². The second-order valence-electron chi connectivity index (χ2n) is 5.08. The van der Waals surface area contributed by atoms with Crippen molar-refractivity contribution < 1.29 is 19.1 Å². The molecular weight excluding hydrogens is 359 g/mol. The molecule has 1 aliphatic carbocycles. The van der Waals surface area contributed by atoms with Crippen molar-refractivity contribution in [2.24, 2.45) is 5.92 Å². The molecule has 0 unspecified atom stereocenters. The van der Waals surface area contributed by atoms with Crippen LogP contribution in [-0.4, -0.2) is 29.0 Å². The number of thioether (sulfide) groups is 1. The first-order valence-electron chi connectivity index (χ1n) is 7.25. The Morgan fingerprint density at radius 1 is 1.26 bits per heavy atom. The first-order valence-corrected chi connectivity index (χ1v) is 9.16. The molecule has 0 aliphatic heterocycles. The summed E-state index contributed by atoms with van der Waals surface area (Å²) in [4.78, 5) is 36.5. The van der Waals surface area contributed by atoms with Crippen LogP contribution < -0.4 is 4.74 Å². The van der Waals surface area contributed by atoms with Gasteiger partial charge in [0, 0.05) is 18.4 Å². The Bertz CT molecular complexity index is 629. The maximum absolute atomic E-state index is 12.6. The lowest BCUT2D eigenvalue weighted by Gasteiger charge is -2.19. The van der Waals surface area contributed by atoms with Gasteiger partial charge in [-0.1, -0.05) is 30.1 Å². The molecule has 0 amide bonds. The highest BCUT2D eigenvalue weighted by molar-refractivity contribution is 7.99. The van der Waals surface area contributed by atoms with Gasteiger partial charge in [0.05, 0.1) is 10.0 Å². The van der Waals surface area contributed by atoms with Gasteiger partial charge in [0.2, 0.25) is 0 Å². The number of ketones is 3. The maximum Gasteiger partial charge on any atom is 0.182 e. The molecule has 0 spiro atoms. The van der Waals surface area contributed by atoms with Crippen molar-refractivity contribution in [3.63, 3.8) is 0 Å². The summed E-state index contributed by atoms with van der Waals surface area (Å²) >= 11 is 13.8. The molecule has 0 aromatic heterocycles. The number of hydrogen-bond donors (Lipinski definition) is 0. The van der Waals surface area contributed by atoms with E-state index in [0.29, 0.717) is 12.4 Å². The Morgan fingerprint density at radius 3 is 2.52 bits per heavy atom. The monoisotopic (exact) mass is 374 g/mol. The summed E-state index contributed by atoms with van der Waals surface area (Å²) in [5.41, 5.74) is 0.0983. The molecule has 0 bridgehead atoms. The molecule has 0 saturated heterocycles. The minimum absolute atomic E-state index is 0.0466. The van der Waals surface area contributed by atoms with Crippen LogP contribution in [0.25, 0.3) is 0 Å². The van der Waals surface area contributed by atoms with Gasteiger partial charge in [0.15, 0.2) is 23.1 Å². The average Bonchev–Trinajstić information content (AvgIpc) is 2.50. The molecule has 7 heteroatoms. The largest absolute Gasteiger partial charge is 0.480 e. The van der Waals surface area contributed by atoms with Crippen LogP contribution in [0.2, 0.25) is 10.0 Å². The highest BCUT2D eigenvalue weighted by Crippen LogP contribution is 2.37. The van der Waals surface area contributed by atoms with Gasteiger partial charge in [0.25, 0.3) is 0 Å². The van der Waals surface area contributed by atoms with Crippen molar-refractivity contribution in [3.05, 3.63) is 27.7 Å². The summed E-state index contributed by atoms with van der Waals surface area (Å²) in [5.74, 6) is -1.11. The minimum atomic E-state index is -1.25. The van der Waals surface area contributed by atoms with Crippen molar-refractivity contribution in [1.82, 2.24) is 0 Å². The molecule has 1 fully saturated rings. The number of hydrogen-bond acceptors (Lipinski definition) is 5. The van der Waals surface area contributed by atoms with Crippen LogP contribution >= 0.6 is 35.0 Å². The van der Waals surface area contributed by atoms with E-state index in [2.05, 4.69) is 0 Å². The lowest BCUT2D eigenvalue weighted by molar-refractivity contribution is -0.133. The topological polar surface area (TPSA) is 60.4 Å². The van der Waals surface area contributed by atoms with E-state index in [1.807, 2.05) is 6.92 Å². The van der Waals surface area contributed by atoms with Crippen LogP contribution in [-0.2, 0) is 9.59 Å². The lowest BCUT2D eigenvalue weighted by atomic mass is 9.81. The number of carbonyl (C=O) groups excluding carboxylic acids is 3. The Kier molecular flexibility index (Phi) is 6.50. The van der Waals surface area contributed by atoms with E-state index >= 15 is 0 Å². The van der Waals surface area contributed by atoms with Gasteiger partial charge >= 0.3 is 0 Å². The molecule has 23 heavy (non-hydrogen) atoms. The molecule has 124 valence electrons. The molecule has 1 aliphatic rings. The Hall–Kier alpha value is -1.04. The van der Waals surface area contributed by atoms with E-state index in [1.54, 1.807) is 0 Å². The molecule has 0 atom stereocenters. The second-order valence-corrected chi connectivity index (χ2v) is 7.08. The van der Waals surface area contributed by atoms with Gasteiger partial charge in [-0.15, -0.1) is 11.8 Å². The smallest absolute Gasteiger partial charge is 0.182 e. The summed E-state index contributed by atoms with van der Waals surface area (Å²) in [6.07, 6.45) is 0.978. The van der Waals surface area contributed by atoms with E-state index in [0.717, 1.165) is 5.75 Å². The normalized spacial score (nSPS) is 15.8. The third-order valence-electron chi connectivity index (χ3n) is 3.56. The van der Waals surface area contributed by atoms with Crippen LogP contribution in [0.15, 0.2) is 12.1 Å². The van der Waals surface area contributed by atoms with Crippen LogP contribution in [0.1, 0.15) is 36.5 Å². The SMILES string of the molecule is CCSCOc1c(Cl)ccc(C(=O)C2C(=O)CCCC2=O)c1Cl. The minimum Gasteiger partial charge on any atom is -0.480 e. The standard InChI is InChI=1S/C16H16Cl2O4S/c1-2-23-8-22-16-10(17)7-6-9(14(16)18)15(21)13-11(19)4-3-5-12(13)20/h6-7,13H,2-5,8H2,1H3. The number of Topliss-reactive ketones (excluding diaryl/α,β-unsaturated/α-hetero) is 3. The molecule has 1 saturated carbocycles. The molecule has 1 aromatic carbocycles. The zero-order valence-electron chi connectivity index (χ0n) is 12.6. The van der Waals surface area contributed by atoms with Gasteiger partial charge in [0.1, 0.15) is 11.9 Å². The van der Waals surface area contributed by atoms with Crippen molar-refractivity contribution in [2.75, 3.05) is 11.7 Å². The quantitative estimate of drug-likeness (QED) is 0.323. The molecule has 0 N–H and O–H groups in total. The summed E-state index contributed by atoms with van der Waals surface area (Å²) < 4.78 is 5.52. The van der Waals surface area contributed by atoms with Gasteiger partial charge in [-0.05, 0) is 24.3 Å². The Labute approximate surface area is 148 Å². The van der Waals surface area contributed by atoms with Crippen LogP contribution in [0.5, 0.6) is 5.75 Å². The van der Waals surface area contributed by atoms with Crippen LogP contribution in [0, 0.1) is 5.92 Å². The number of carbonyl (C=O) groups is 3. The van der Waals surface area contributed by atoms with E-state index in [9.17, 15) is 14.4 Å². The van der Waals surface area contributed by atoms with Crippen molar-refractivity contribution >= 4 is 52.3 Å². The predicted molar refractivity (Wildman–Crippen MR) is 91.8 cm³/mol. The fourth-order valence-corrected chi connectivity index (χ4v) is 3.33. The number of ether oxygens (including phenoxy) is 1. The van der Waals surface area contributed by atoms with Crippen molar-refractivity contribution in [1.29, 1.82) is 0 Å². The number of halogens is 2. The Balaban J connectivity index is 2.31. The molecule has 4 nitrogen and oxygen atoms in total. The van der Waals surface area contributed by atoms with Crippen LogP contribution in [0.4, 0.5) is 0 Å². The van der Waals surface area contributed by atoms with Gasteiger partial charge < -0.3 is 4.74 Å². The highest BCUT2D eigenvalue weighted by atomic mass is 35.5. The van der Waals surface area contributed by atoms with Crippen molar-refractivity contribution in [2.45, 2.75) is 26.2 Å².